The summed E-state index contributed by atoms with van der Waals surface area (Å²) in [6.07, 6.45) is 1.38. The number of anilines is 1. The van der Waals surface area contributed by atoms with Gasteiger partial charge in [0.15, 0.2) is 0 Å². The molecule has 12 heavy (non-hydrogen) atoms. The number of fused-ring (bicyclic) bond motifs is 1. The topological polar surface area (TPSA) is 64.0 Å². The van der Waals surface area contributed by atoms with Crippen LogP contribution in [0.3, 0.4) is 0 Å². The van der Waals surface area contributed by atoms with Gasteiger partial charge in [0.2, 0.25) is 5.91 Å². The van der Waals surface area contributed by atoms with Crippen LogP contribution in [0.25, 0.3) is 0 Å². The normalized spacial score (nSPS) is 20.4. The maximum absolute atomic E-state index is 11.1. The van der Waals surface area contributed by atoms with Gasteiger partial charge in [0.05, 0.1) is 0 Å². The first-order chi connectivity index (χ1) is 5.70. The molecule has 0 bridgehead atoms. The van der Waals surface area contributed by atoms with Gasteiger partial charge in [-0.1, -0.05) is 0 Å². The van der Waals surface area contributed by atoms with E-state index in [1.807, 2.05) is 0 Å². The van der Waals surface area contributed by atoms with Crippen molar-refractivity contribution >= 4 is 11.7 Å². The molecular weight excluding hydrogens is 158 g/mol. The van der Waals surface area contributed by atoms with Gasteiger partial charge in [-0.05, 0) is 13.0 Å². The van der Waals surface area contributed by atoms with E-state index in [2.05, 4.69) is 10.3 Å². The first kappa shape index (κ1) is 7.02. The van der Waals surface area contributed by atoms with E-state index in [-0.39, 0.29) is 5.91 Å². The van der Waals surface area contributed by atoms with Crippen LogP contribution in [0.1, 0.15) is 13.0 Å². The summed E-state index contributed by atoms with van der Waals surface area (Å²) in [5, 5.41) is 2.57. The molecule has 5 nitrogen and oxygen atoms in total. The summed E-state index contributed by atoms with van der Waals surface area (Å²) in [7, 11) is 0. The van der Waals surface area contributed by atoms with Crippen LogP contribution in [0, 0.1) is 0 Å². The molecular formula is C7H7N3O2. The summed E-state index contributed by atoms with van der Waals surface area (Å²) in [5.74, 6) is 0.354. The van der Waals surface area contributed by atoms with Crippen molar-refractivity contribution in [2.24, 2.45) is 0 Å². The molecule has 1 aliphatic rings. The number of amides is 1. The van der Waals surface area contributed by atoms with Crippen molar-refractivity contribution in [3.05, 3.63) is 22.7 Å². The highest BCUT2D eigenvalue weighted by atomic mass is 16.2. The Balaban J connectivity index is 2.70. The molecule has 1 atom stereocenters. The van der Waals surface area contributed by atoms with Crippen molar-refractivity contribution in [1.29, 1.82) is 0 Å². The van der Waals surface area contributed by atoms with Gasteiger partial charge in [0, 0.05) is 6.20 Å². The quantitative estimate of drug-likeness (QED) is 0.576. The van der Waals surface area contributed by atoms with Gasteiger partial charge < -0.3 is 5.32 Å². The van der Waals surface area contributed by atoms with E-state index in [4.69, 9.17) is 0 Å². The molecule has 0 aromatic carbocycles. The van der Waals surface area contributed by atoms with E-state index in [0.717, 1.165) is 0 Å². The number of hydrogen-bond donors (Lipinski definition) is 1. The third-order valence-electron chi connectivity index (χ3n) is 1.90. The number of aromatic nitrogens is 2. The average Bonchev–Trinajstić information content (AvgIpc) is 2.29. The lowest BCUT2D eigenvalue weighted by Gasteiger charge is -2.01. The zero-order chi connectivity index (χ0) is 8.72. The second kappa shape index (κ2) is 2.17. The Morgan fingerprint density at radius 3 is 3.00 bits per heavy atom. The highest BCUT2D eigenvalue weighted by Gasteiger charge is 2.26. The summed E-state index contributed by atoms with van der Waals surface area (Å²) < 4.78 is 1.34. The lowest BCUT2D eigenvalue weighted by atomic mass is 10.3. The zero-order valence-electron chi connectivity index (χ0n) is 6.44. The first-order valence-corrected chi connectivity index (χ1v) is 3.58. The number of nitrogens with zero attached hydrogens (tertiary/aromatic N) is 2. The highest BCUT2D eigenvalue weighted by molar-refractivity contribution is 5.96. The molecule has 0 saturated carbocycles. The predicted octanol–water partition coefficient (Wildman–Crippen LogP) is -0.244. The summed E-state index contributed by atoms with van der Waals surface area (Å²) >= 11 is 0. The largest absolute Gasteiger partial charge is 0.349 e. The van der Waals surface area contributed by atoms with Crippen LogP contribution in [0.4, 0.5) is 5.82 Å². The maximum atomic E-state index is 11.1. The van der Waals surface area contributed by atoms with E-state index in [9.17, 15) is 9.59 Å². The lowest BCUT2D eigenvalue weighted by molar-refractivity contribution is -0.117. The summed E-state index contributed by atoms with van der Waals surface area (Å²) in [6, 6.07) is 1.16. The minimum atomic E-state index is -0.443. The molecule has 0 spiro atoms. The fourth-order valence-electron chi connectivity index (χ4n) is 1.24. The van der Waals surface area contributed by atoms with Gasteiger partial charge in [-0.25, -0.2) is 9.78 Å². The first-order valence-electron chi connectivity index (χ1n) is 3.58. The molecule has 2 heterocycles. The summed E-state index contributed by atoms with van der Waals surface area (Å²) in [5.41, 5.74) is -0.390. The van der Waals surface area contributed by atoms with Crippen molar-refractivity contribution in [3.8, 4) is 0 Å². The standard InChI is InChI=1S/C7H7N3O2/c1-4-6(11)9-5-2-3-8-7(12)10(4)5/h2-4H,1H3,(H,9,11)/t4-/m0/s1. The van der Waals surface area contributed by atoms with Gasteiger partial charge in [0.1, 0.15) is 11.9 Å². The molecule has 1 amide bonds. The zero-order valence-corrected chi connectivity index (χ0v) is 6.44. The highest BCUT2D eigenvalue weighted by Crippen LogP contribution is 2.19. The van der Waals surface area contributed by atoms with E-state index < -0.39 is 11.7 Å². The molecule has 1 aromatic heterocycles. The lowest BCUT2D eigenvalue weighted by Crippen LogP contribution is -2.23. The molecule has 1 aromatic rings. The smallest absolute Gasteiger partial charge is 0.310 e. The molecule has 5 heteroatoms. The maximum Gasteiger partial charge on any atom is 0.349 e. The van der Waals surface area contributed by atoms with Crippen LogP contribution < -0.4 is 11.0 Å². The van der Waals surface area contributed by atoms with E-state index in [1.165, 1.54) is 10.8 Å². The Labute approximate surface area is 68.0 Å². The van der Waals surface area contributed by atoms with E-state index >= 15 is 0 Å². The SMILES string of the molecule is C[C@H]1C(=O)Nc2ccnc(=O)n21. The predicted molar refractivity (Wildman–Crippen MR) is 41.8 cm³/mol. The van der Waals surface area contributed by atoms with Crippen LogP contribution in [-0.2, 0) is 4.79 Å². The van der Waals surface area contributed by atoms with Crippen molar-refractivity contribution in [2.75, 3.05) is 5.32 Å². The number of carbonyl (C=O) groups excluding carboxylic acids is 1. The van der Waals surface area contributed by atoms with E-state index in [0.29, 0.717) is 5.82 Å². The van der Waals surface area contributed by atoms with Gasteiger partial charge in [-0.15, -0.1) is 0 Å². The second-order valence-electron chi connectivity index (χ2n) is 2.65. The number of hydrogen-bond acceptors (Lipinski definition) is 3. The van der Waals surface area contributed by atoms with Crippen molar-refractivity contribution in [3.63, 3.8) is 0 Å². The second-order valence-corrected chi connectivity index (χ2v) is 2.65. The van der Waals surface area contributed by atoms with Gasteiger partial charge in [-0.3, -0.25) is 9.36 Å². The molecule has 0 saturated heterocycles. The Morgan fingerprint density at radius 2 is 2.33 bits per heavy atom. The van der Waals surface area contributed by atoms with Crippen molar-refractivity contribution < 1.29 is 4.79 Å². The number of carbonyl (C=O) groups is 1. The Bertz CT molecular complexity index is 396. The number of rotatable bonds is 0. The summed E-state index contributed by atoms with van der Waals surface area (Å²) in [4.78, 5) is 25.8. The molecule has 62 valence electrons. The van der Waals surface area contributed by atoms with Gasteiger partial charge in [0.25, 0.3) is 0 Å². The van der Waals surface area contributed by atoms with Gasteiger partial charge in [-0.2, -0.15) is 0 Å². The van der Waals surface area contributed by atoms with Crippen LogP contribution >= 0.6 is 0 Å². The van der Waals surface area contributed by atoms with Crippen LogP contribution in [0.5, 0.6) is 0 Å². The fraction of sp³-hybridized carbons (Fsp3) is 0.286. The Kier molecular flexibility index (Phi) is 1.27. The molecule has 0 radical (unpaired) electrons. The molecule has 1 N–H and O–H groups in total. The number of nitrogens with one attached hydrogen (secondary N) is 1. The molecule has 1 aliphatic heterocycles. The average molecular weight is 165 g/mol. The minimum Gasteiger partial charge on any atom is -0.310 e. The fourth-order valence-corrected chi connectivity index (χ4v) is 1.24. The third kappa shape index (κ3) is 0.761. The molecule has 2 rings (SSSR count). The molecule has 0 aliphatic carbocycles. The summed E-state index contributed by atoms with van der Waals surface area (Å²) in [6.45, 7) is 1.66. The van der Waals surface area contributed by atoms with Crippen molar-refractivity contribution in [2.45, 2.75) is 13.0 Å². The Hall–Kier alpha value is -1.65. The van der Waals surface area contributed by atoms with Crippen LogP contribution in [-0.4, -0.2) is 15.5 Å². The van der Waals surface area contributed by atoms with E-state index in [1.54, 1.807) is 13.0 Å². The van der Waals surface area contributed by atoms with Crippen molar-refractivity contribution in [1.82, 2.24) is 9.55 Å². The van der Waals surface area contributed by atoms with Crippen LogP contribution in [0.2, 0.25) is 0 Å². The minimum absolute atomic E-state index is 0.167. The molecule has 0 unspecified atom stereocenters. The third-order valence-corrected chi connectivity index (χ3v) is 1.90. The molecule has 0 fully saturated rings. The Morgan fingerprint density at radius 1 is 1.58 bits per heavy atom. The van der Waals surface area contributed by atoms with Gasteiger partial charge >= 0.3 is 5.69 Å². The monoisotopic (exact) mass is 165 g/mol. The van der Waals surface area contributed by atoms with Crippen LogP contribution in [0.15, 0.2) is 17.1 Å².